The van der Waals surface area contributed by atoms with E-state index in [1.165, 1.54) is 10.7 Å². The fraction of sp³-hybridized carbons (Fsp3) is 0.200. The Hall–Kier alpha value is -3.10. The number of ether oxygens (including phenoxy) is 1. The van der Waals surface area contributed by atoms with Crippen LogP contribution in [0, 0.1) is 17.0 Å². The Bertz CT molecular complexity index is 1070. The van der Waals surface area contributed by atoms with Crippen LogP contribution in [0.3, 0.4) is 0 Å². The lowest BCUT2D eigenvalue weighted by Gasteiger charge is -2.09. The number of hydrogen-bond donors (Lipinski definition) is 1. The molecule has 0 aliphatic carbocycles. The van der Waals surface area contributed by atoms with Crippen LogP contribution >= 0.6 is 23.2 Å². The zero-order valence-electron chi connectivity index (χ0n) is 16.0. The third-order valence-corrected chi connectivity index (χ3v) is 4.80. The summed E-state index contributed by atoms with van der Waals surface area (Å²) in [5.41, 5.74) is 2.02. The Labute approximate surface area is 182 Å². The summed E-state index contributed by atoms with van der Waals surface area (Å²) in [6.07, 6.45) is 0. The van der Waals surface area contributed by atoms with Gasteiger partial charge in [-0.1, -0.05) is 35.3 Å². The standard InChI is InChI=1S/C20H18Cl2N4O4/c1-13-10-19(26(28)29)24-25(13)9-8-23-20(27)15-4-2-14(3-5-15)12-30-18-7-6-16(21)11-17(18)22/h2-7,10-11H,8-9,12H2,1H3,(H,23,27). The Morgan fingerprint density at radius 2 is 1.93 bits per heavy atom. The highest BCUT2D eigenvalue weighted by Crippen LogP contribution is 2.28. The summed E-state index contributed by atoms with van der Waals surface area (Å²) in [5.74, 6) is 0.0658. The zero-order valence-corrected chi connectivity index (χ0v) is 17.5. The lowest BCUT2D eigenvalue weighted by Crippen LogP contribution is -2.27. The number of nitrogens with one attached hydrogen (secondary N) is 1. The molecule has 0 radical (unpaired) electrons. The molecule has 8 nitrogen and oxygen atoms in total. The molecule has 10 heteroatoms. The van der Waals surface area contributed by atoms with E-state index in [1.54, 1.807) is 49.4 Å². The van der Waals surface area contributed by atoms with Crippen LogP contribution in [-0.4, -0.2) is 27.2 Å². The van der Waals surface area contributed by atoms with Gasteiger partial charge < -0.3 is 20.2 Å². The molecule has 0 saturated heterocycles. The number of carbonyl (C=O) groups is 1. The first-order valence-electron chi connectivity index (χ1n) is 8.97. The van der Waals surface area contributed by atoms with Gasteiger partial charge in [-0.3, -0.25) is 4.79 Å². The van der Waals surface area contributed by atoms with Gasteiger partial charge in [-0.25, -0.2) is 0 Å². The molecule has 2 aromatic carbocycles. The van der Waals surface area contributed by atoms with Crippen LogP contribution in [0.1, 0.15) is 21.6 Å². The highest BCUT2D eigenvalue weighted by Gasteiger charge is 2.15. The fourth-order valence-electron chi connectivity index (χ4n) is 2.69. The molecule has 0 aliphatic heterocycles. The molecule has 1 amide bonds. The van der Waals surface area contributed by atoms with Crippen molar-refractivity contribution in [3.63, 3.8) is 0 Å². The predicted molar refractivity (Wildman–Crippen MR) is 113 cm³/mol. The van der Waals surface area contributed by atoms with E-state index >= 15 is 0 Å². The van der Waals surface area contributed by atoms with Gasteiger partial charge in [0.25, 0.3) is 5.91 Å². The molecule has 30 heavy (non-hydrogen) atoms. The summed E-state index contributed by atoms with van der Waals surface area (Å²) in [6, 6.07) is 13.4. The van der Waals surface area contributed by atoms with Crippen LogP contribution in [0.15, 0.2) is 48.5 Å². The van der Waals surface area contributed by atoms with Gasteiger partial charge in [-0.2, -0.15) is 4.68 Å². The van der Waals surface area contributed by atoms with Gasteiger partial charge in [-0.05, 0) is 47.7 Å². The SMILES string of the molecule is Cc1cc([N+](=O)[O-])nn1CCNC(=O)c1ccc(COc2ccc(Cl)cc2Cl)cc1. The van der Waals surface area contributed by atoms with Gasteiger partial charge in [0.2, 0.25) is 0 Å². The highest BCUT2D eigenvalue weighted by atomic mass is 35.5. The Morgan fingerprint density at radius 1 is 1.20 bits per heavy atom. The van der Waals surface area contributed by atoms with Gasteiger partial charge in [0.1, 0.15) is 12.4 Å². The molecule has 0 bridgehead atoms. The maximum Gasteiger partial charge on any atom is 0.390 e. The Kier molecular flexibility index (Phi) is 6.91. The number of benzene rings is 2. The first kappa shape index (κ1) is 21.6. The van der Waals surface area contributed by atoms with Gasteiger partial charge in [-0.15, -0.1) is 0 Å². The fourth-order valence-corrected chi connectivity index (χ4v) is 3.15. The van der Waals surface area contributed by atoms with Crippen molar-refractivity contribution in [1.82, 2.24) is 15.1 Å². The van der Waals surface area contributed by atoms with Crippen LogP contribution in [0.2, 0.25) is 10.0 Å². The quantitative estimate of drug-likeness (QED) is 0.406. The van der Waals surface area contributed by atoms with E-state index < -0.39 is 4.92 Å². The highest BCUT2D eigenvalue weighted by molar-refractivity contribution is 6.35. The molecule has 0 atom stereocenters. The summed E-state index contributed by atoms with van der Waals surface area (Å²) in [7, 11) is 0. The zero-order chi connectivity index (χ0) is 21.7. The molecule has 0 fully saturated rings. The van der Waals surface area contributed by atoms with Crippen LogP contribution < -0.4 is 10.1 Å². The smallest absolute Gasteiger partial charge is 0.390 e. The van der Waals surface area contributed by atoms with Gasteiger partial charge >= 0.3 is 5.82 Å². The number of amides is 1. The van der Waals surface area contributed by atoms with Crippen molar-refractivity contribution < 1.29 is 14.5 Å². The number of nitrogens with zero attached hydrogens (tertiary/aromatic N) is 3. The normalized spacial score (nSPS) is 10.6. The first-order valence-corrected chi connectivity index (χ1v) is 9.73. The average Bonchev–Trinajstić information content (AvgIpc) is 3.09. The van der Waals surface area contributed by atoms with Crippen molar-refractivity contribution in [3.8, 4) is 5.75 Å². The first-order chi connectivity index (χ1) is 14.3. The molecule has 0 saturated carbocycles. The molecule has 0 aliphatic rings. The number of aromatic nitrogens is 2. The lowest BCUT2D eigenvalue weighted by atomic mass is 10.1. The lowest BCUT2D eigenvalue weighted by molar-refractivity contribution is -0.389. The molecule has 1 aromatic heterocycles. The minimum absolute atomic E-state index is 0.212. The van der Waals surface area contributed by atoms with Crippen LogP contribution in [0.4, 0.5) is 5.82 Å². The van der Waals surface area contributed by atoms with Gasteiger partial charge in [0, 0.05) is 17.1 Å². The van der Waals surface area contributed by atoms with Crippen molar-refractivity contribution >= 4 is 34.9 Å². The molecule has 0 unspecified atom stereocenters. The molecule has 1 N–H and O–H groups in total. The van der Waals surface area contributed by atoms with Crippen molar-refractivity contribution in [3.05, 3.63) is 85.5 Å². The second-order valence-corrected chi connectivity index (χ2v) is 7.28. The maximum atomic E-state index is 12.3. The molecular formula is C20H18Cl2N4O4. The third kappa shape index (κ3) is 5.49. The minimum Gasteiger partial charge on any atom is -0.487 e. The second-order valence-electron chi connectivity index (χ2n) is 6.44. The number of nitro groups is 1. The molecular weight excluding hydrogens is 431 g/mol. The van der Waals surface area contributed by atoms with Crippen LogP contribution in [0.5, 0.6) is 5.75 Å². The van der Waals surface area contributed by atoms with Gasteiger partial charge in [0.15, 0.2) is 0 Å². The van der Waals surface area contributed by atoms with Crippen LogP contribution in [-0.2, 0) is 13.2 Å². The van der Waals surface area contributed by atoms with E-state index in [0.29, 0.717) is 46.7 Å². The number of carbonyl (C=O) groups excluding carboxylic acids is 1. The largest absolute Gasteiger partial charge is 0.487 e. The summed E-state index contributed by atoms with van der Waals surface area (Å²) in [6.45, 7) is 2.64. The second kappa shape index (κ2) is 9.60. The van der Waals surface area contributed by atoms with Crippen molar-refractivity contribution in [1.29, 1.82) is 0 Å². The number of aryl methyl sites for hydroxylation is 1. The van der Waals surface area contributed by atoms with E-state index in [4.69, 9.17) is 27.9 Å². The molecule has 3 aromatic rings. The maximum absolute atomic E-state index is 12.3. The number of halogens is 2. The van der Waals surface area contributed by atoms with Gasteiger partial charge in [0.05, 0.1) is 28.4 Å². The summed E-state index contributed by atoms with van der Waals surface area (Å²) in [5, 5.41) is 18.4. The van der Waals surface area contributed by atoms with Crippen molar-refractivity contribution in [2.24, 2.45) is 0 Å². The van der Waals surface area contributed by atoms with E-state index in [9.17, 15) is 14.9 Å². The average molecular weight is 449 g/mol. The van der Waals surface area contributed by atoms with E-state index in [-0.39, 0.29) is 11.7 Å². The van der Waals surface area contributed by atoms with E-state index in [0.717, 1.165) is 5.56 Å². The minimum atomic E-state index is -0.547. The molecule has 0 spiro atoms. The number of rotatable bonds is 8. The Morgan fingerprint density at radius 3 is 2.57 bits per heavy atom. The summed E-state index contributed by atoms with van der Waals surface area (Å²) >= 11 is 11.9. The van der Waals surface area contributed by atoms with Crippen molar-refractivity contribution in [2.45, 2.75) is 20.1 Å². The predicted octanol–water partition coefficient (Wildman–Crippen LogP) is 4.42. The molecule has 156 valence electrons. The summed E-state index contributed by atoms with van der Waals surface area (Å²) in [4.78, 5) is 22.5. The number of hydrogen-bond acceptors (Lipinski definition) is 5. The van der Waals surface area contributed by atoms with Crippen LogP contribution in [0.25, 0.3) is 0 Å². The molecule has 1 heterocycles. The molecule has 3 rings (SSSR count). The topological polar surface area (TPSA) is 99.3 Å². The van der Waals surface area contributed by atoms with Crippen molar-refractivity contribution in [2.75, 3.05) is 6.54 Å². The van der Waals surface area contributed by atoms with E-state index in [2.05, 4.69) is 10.4 Å². The third-order valence-electron chi connectivity index (χ3n) is 4.27. The Balaban J connectivity index is 1.50. The van der Waals surface area contributed by atoms with E-state index in [1.807, 2.05) is 0 Å². The summed E-state index contributed by atoms with van der Waals surface area (Å²) < 4.78 is 7.16. The monoisotopic (exact) mass is 448 g/mol.